The first kappa shape index (κ1) is 16.3. The van der Waals surface area contributed by atoms with E-state index in [-0.39, 0.29) is 13.1 Å². The van der Waals surface area contributed by atoms with Gasteiger partial charge in [-0.1, -0.05) is 12.8 Å². The third-order valence-corrected chi connectivity index (χ3v) is 2.74. The molecule has 17 heavy (non-hydrogen) atoms. The van der Waals surface area contributed by atoms with Crippen LogP contribution in [0.25, 0.3) is 0 Å². The van der Waals surface area contributed by atoms with Crippen molar-refractivity contribution in [2.75, 3.05) is 19.7 Å². The van der Waals surface area contributed by atoms with E-state index in [0.29, 0.717) is 0 Å². The molecule has 0 heterocycles. The molecule has 4 unspecified atom stereocenters. The Morgan fingerprint density at radius 2 is 1.88 bits per heavy atom. The summed E-state index contributed by atoms with van der Waals surface area (Å²) >= 11 is 0. The van der Waals surface area contributed by atoms with E-state index in [1.807, 2.05) is 0 Å². The van der Waals surface area contributed by atoms with E-state index < -0.39 is 30.6 Å². The standard InChI is InChI=1S/C11H21NO5/c1-4-6-12(5-2)11(17,7-13)10(16)9(15)8(3)14/h1,8-10,13-17H,5-7H2,2-3H3. The van der Waals surface area contributed by atoms with Gasteiger partial charge >= 0.3 is 0 Å². The van der Waals surface area contributed by atoms with Gasteiger partial charge in [-0.15, -0.1) is 6.42 Å². The Hall–Kier alpha value is -0.680. The van der Waals surface area contributed by atoms with Gasteiger partial charge in [-0.05, 0) is 13.5 Å². The number of nitrogens with zero attached hydrogens (tertiary/aromatic N) is 1. The highest BCUT2D eigenvalue weighted by Gasteiger charge is 2.45. The third kappa shape index (κ3) is 3.64. The average Bonchev–Trinajstić information content (AvgIpc) is 2.32. The monoisotopic (exact) mass is 247 g/mol. The molecule has 0 aliphatic heterocycles. The Labute approximate surface area is 101 Å². The maximum atomic E-state index is 10.2. The zero-order valence-corrected chi connectivity index (χ0v) is 10.1. The second kappa shape index (κ2) is 6.91. The Kier molecular flexibility index (Phi) is 6.64. The van der Waals surface area contributed by atoms with Gasteiger partial charge in [0, 0.05) is 0 Å². The SMILES string of the molecule is C#CCN(CC)C(O)(CO)C(O)C(O)C(C)O. The molecule has 0 rings (SSSR count). The third-order valence-electron chi connectivity index (χ3n) is 2.74. The summed E-state index contributed by atoms with van der Waals surface area (Å²) in [4.78, 5) is 1.24. The highest BCUT2D eigenvalue weighted by atomic mass is 16.4. The number of aliphatic hydroxyl groups is 5. The molecular formula is C11H21NO5. The van der Waals surface area contributed by atoms with Crippen LogP contribution in [0, 0.1) is 12.3 Å². The normalized spacial score (nSPS) is 20.4. The van der Waals surface area contributed by atoms with Gasteiger partial charge in [0.1, 0.15) is 12.2 Å². The molecule has 0 saturated carbocycles. The zero-order chi connectivity index (χ0) is 13.6. The van der Waals surface area contributed by atoms with Gasteiger partial charge in [-0.3, -0.25) is 4.90 Å². The fourth-order valence-electron chi connectivity index (χ4n) is 1.55. The van der Waals surface area contributed by atoms with Crippen molar-refractivity contribution in [2.45, 2.75) is 37.9 Å². The molecule has 0 aromatic rings. The molecular weight excluding hydrogens is 226 g/mol. The smallest absolute Gasteiger partial charge is 0.171 e. The summed E-state index contributed by atoms with van der Waals surface area (Å²) in [5.74, 6) is 2.28. The second-order valence-electron chi connectivity index (χ2n) is 3.93. The van der Waals surface area contributed by atoms with Crippen molar-refractivity contribution < 1.29 is 25.5 Å². The minimum absolute atomic E-state index is 0.00283. The largest absolute Gasteiger partial charge is 0.392 e. The predicted molar refractivity (Wildman–Crippen MR) is 61.8 cm³/mol. The Morgan fingerprint density at radius 1 is 1.35 bits per heavy atom. The molecule has 0 amide bonds. The number of hydrogen-bond donors (Lipinski definition) is 5. The zero-order valence-electron chi connectivity index (χ0n) is 10.1. The quantitative estimate of drug-likeness (QED) is 0.257. The van der Waals surface area contributed by atoms with Gasteiger partial charge in [0.05, 0.1) is 19.3 Å². The number of rotatable bonds is 7. The topological polar surface area (TPSA) is 104 Å². The van der Waals surface area contributed by atoms with Crippen molar-refractivity contribution in [3.05, 3.63) is 0 Å². The number of likely N-dealkylation sites (N-methyl/N-ethyl adjacent to an activating group) is 1. The first-order valence-electron chi connectivity index (χ1n) is 5.41. The number of hydrogen-bond acceptors (Lipinski definition) is 6. The van der Waals surface area contributed by atoms with Crippen molar-refractivity contribution in [3.8, 4) is 12.3 Å². The summed E-state index contributed by atoms with van der Waals surface area (Å²) in [7, 11) is 0. The highest BCUT2D eigenvalue weighted by Crippen LogP contribution is 2.20. The lowest BCUT2D eigenvalue weighted by molar-refractivity contribution is -0.230. The van der Waals surface area contributed by atoms with Crippen LogP contribution in [0.1, 0.15) is 13.8 Å². The van der Waals surface area contributed by atoms with Crippen LogP contribution in [0.2, 0.25) is 0 Å². The molecule has 0 spiro atoms. The van der Waals surface area contributed by atoms with E-state index in [2.05, 4.69) is 5.92 Å². The first-order chi connectivity index (χ1) is 7.84. The second-order valence-corrected chi connectivity index (χ2v) is 3.93. The average molecular weight is 247 g/mol. The van der Waals surface area contributed by atoms with Crippen LogP contribution >= 0.6 is 0 Å². The Balaban J connectivity index is 5.04. The van der Waals surface area contributed by atoms with Crippen LogP contribution in [-0.4, -0.2) is 74.2 Å². The van der Waals surface area contributed by atoms with Gasteiger partial charge in [-0.2, -0.15) is 0 Å². The molecule has 0 aromatic heterocycles. The molecule has 6 nitrogen and oxygen atoms in total. The van der Waals surface area contributed by atoms with E-state index in [4.69, 9.17) is 6.42 Å². The minimum Gasteiger partial charge on any atom is -0.392 e. The molecule has 6 heteroatoms. The van der Waals surface area contributed by atoms with Crippen molar-refractivity contribution in [1.82, 2.24) is 4.90 Å². The lowest BCUT2D eigenvalue weighted by Crippen LogP contribution is -2.64. The minimum atomic E-state index is -2.09. The lowest BCUT2D eigenvalue weighted by Gasteiger charge is -2.42. The van der Waals surface area contributed by atoms with Gasteiger partial charge < -0.3 is 25.5 Å². The van der Waals surface area contributed by atoms with Crippen molar-refractivity contribution in [2.24, 2.45) is 0 Å². The first-order valence-corrected chi connectivity index (χ1v) is 5.41. The predicted octanol–water partition coefficient (Wildman–Crippen LogP) is -2.27. The van der Waals surface area contributed by atoms with Crippen LogP contribution in [0.3, 0.4) is 0 Å². The fraction of sp³-hybridized carbons (Fsp3) is 0.818. The summed E-state index contributed by atoms with van der Waals surface area (Å²) in [6, 6.07) is 0. The van der Waals surface area contributed by atoms with Crippen LogP contribution in [0.15, 0.2) is 0 Å². The molecule has 0 fully saturated rings. The van der Waals surface area contributed by atoms with E-state index in [0.717, 1.165) is 0 Å². The van der Waals surface area contributed by atoms with Crippen LogP contribution in [0.5, 0.6) is 0 Å². The molecule has 100 valence electrons. The van der Waals surface area contributed by atoms with Gasteiger partial charge in [0.2, 0.25) is 0 Å². The summed E-state index contributed by atoms with van der Waals surface area (Å²) in [6.45, 7) is 2.40. The summed E-state index contributed by atoms with van der Waals surface area (Å²) in [5, 5.41) is 47.9. The van der Waals surface area contributed by atoms with Crippen molar-refractivity contribution >= 4 is 0 Å². The number of terminal acetylenes is 1. The van der Waals surface area contributed by atoms with E-state index >= 15 is 0 Å². The maximum absolute atomic E-state index is 10.2. The van der Waals surface area contributed by atoms with E-state index in [1.165, 1.54) is 11.8 Å². The van der Waals surface area contributed by atoms with E-state index in [1.54, 1.807) is 6.92 Å². The molecule has 0 bridgehead atoms. The molecule has 4 atom stereocenters. The Morgan fingerprint density at radius 3 is 2.18 bits per heavy atom. The van der Waals surface area contributed by atoms with Gasteiger partial charge in [-0.25, -0.2) is 0 Å². The van der Waals surface area contributed by atoms with Crippen LogP contribution in [-0.2, 0) is 0 Å². The summed E-state index contributed by atoms with van der Waals surface area (Å²) < 4.78 is 0. The van der Waals surface area contributed by atoms with Crippen LogP contribution in [0.4, 0.5) is 0 Å². The molecule has 0 aliphatic rings. The highest BCUT2D eigenvalue weighted by molar-refractivity contribution is 4.97. The van der Waals surface area contributed by atoms with Crippen LogP contribution < -0.4 is 0 Å². The number of aliphatic hydroxyl groups excluding tert-OH is 4. The van der Waals surface area contributed by atoms with E-state index in [9.17, 15) is 25.5 Å². The molecule has 0 saturated heterocycles. The molecule has 0 aromatic carbocycles. The van der Waals surface area contributed by atoms with Gasteiger partial charge in [0.15, 0.2) is 5.72 Å². The molecule has 5 N–H and O–H groups in total. The lowest BCUT2D eigenvalue weighted by atomic mass is 9.97. The molecule has 0 radical (unpaired) electrons. The molecule has 0 aliphatic carbocycles. The summed E-state index contributed by atoms with van der Waals surface area (Å²) in [5.41, 5.74) is -2.09. The van der Waals surface area contributed by atoms with Gasteiger partial charge in [0.25, 0.3) is 0 Å². The summed E-state index contributed by atoms with van der Waals surface area (Å²) in [6.07, 6.45) is 0.552. The van der Waals surface area contributed by atoms with Crippen molar-refractivity contribution in [3.63, 3.8) is 0 Å². The fourth-order valence-corrected chi connectivity index (χ4v) is 1.55. The van der Waals surface area contributed by atoms with Crippen molar-refractivity contribution in [1.29, 1.82) is 0 Å². The Bertz CT molecular complexity index is 265. The maximum Gasteiger partial charge on any atom is 0.171 e.